The molecule has 2 aliphatic rings. The van der Waals surface area contributed by atoms with Crippen LogP contribution in [-0.4, -0.2) is 67.1 Å². The van der Waals surface area contributed by atoms with E-state index in [1.165, 1.54) is 0 Å². The van der Waals surface area contributed by atoms with Crippen LogP contribution >= 0.6 is 0 Å². The number of hydrogen-bond acceptors (Lipinski definition) is 5. The number of amides is 2. The predicted molar refractivity (Wildman–Crippen MR) is 147 cm³/mol. The zero-order valence-electron chi connectivity index (χ0n) is 22.3. The smallest absolute Gasteiger partial charge is 0.246 e. The number of aromatic amines is 1. The van der Waals surface area contributed by atoms with Crippen LogP contribution in [0.2, 0.25) is 0 Å². The maximum absolute atomic E-state index is 14.0. The van der Waals surface area contributed by atoms with Crippen molar-refractivity contribution in [1.29, 1.82) is 0 Å². The van der Waals surface area contributed by atoms with Gasteiger partial charge in [-0.15, -0.1) is 0 Å². The average molecular weight is 526 g/mol. The number of ether oxygens (including phenoxy) is 3. The molecule has 8 heteroatoms. The van der Waals surface area contributed by atoms with Gasteiger partial charge in [-0.25, -0.2) is 0 Å². The van der Waals surface area contributed by atoms with Gasteiger partial charge in [-0.3, -0.25) is 9.59 Å². The van der Waals surface area contributed by atoms with Crippen molar-refractivity contribution in [3.63, 3.8) is 0 Å². The normalized spacial score (nSPS) is 18.6. The number of para-hydroxylation sites is 1. The quantitative estimate of drug-likeness (QED) is 0.393. The van der Waals surface area contributed by atoms with Crippen molar-refractivity contribution in [3.8, 4) is 17.2 Å². The molecule has 6 rings (SSSR count). The van der Waals surface area contributed by atoms with Gasteiger partial charge in [0.15, 0.2) is 11.5 Å². The summed E-state index contributed by atoms with van der Waals surface area (Å²) >= 11 is 0. The van der Waals surface area contributed by atoms with Crippen molar-refractivity contribution in [2.45, 2.75) is 24.9 Å². The molecular formula is C31H31N3O5. The lowest BCUT2D eigenvalue weighted by Gasteiger charge is -2.47. The largest absolute Gasteiger partial charge is 0.493 e. The van der Waals surface area contributed by atoms with Crippen molar-refractivity contribution in [2.24, 2.45) is 0 Å². The lowest BCUT2D eigenvalue weighted by atomic mass is 9.86. The fraction of sp³-hybridized carbons (Fsp3) is 0.290. The van der Waals surface area contributed by atoms with Gasteiger partial charge < -0.3 is 29.0 Å². The number of carbonyl (C=O) groups is 2. The van der Waals surface area contributed by atoms with Crippen LogP contribution in [0.15, 0.2) is 66.7 Å². The summed E-state index contributed by atoms with van der Waals surface area (Å²) in [6.07, 6.45) is 1.15. The number of nitrogens with zero attached hydrogens (tertiary/aromatic N) is 2. The number of fused-ring (bicyclic) bond motifs is 4. The van der Waals surface area contributed by atoms with Gasteiger partial charge >= 0.3 is 0 Å². The predicted octanol–water partition coefficient (Wildman–Crippen LogP) is 4.12. The minimum absolute atomic E-state index is 0.0288. The monoisotopic (exact) mass is 525 g/mol. The Labute approximate surface area is 227 Å². The van der Waals surface area contributed by atoms with E-state index in [1.807, 2.05) is 60.7 Å². The molecule has 4 aromatic rings. The molecule has 2 amide bonds. The van der Waals surface area contributed by atoms with Crippen LogP contribution in [0.3, 0.4) is 0 Å². The number of aromatic nitrogens is 1. The standard InChI is InChI=1S/C31H31N3O5/c1-37-25-15-20(16-26(38-2)30(25)39-3)29-28-22(21-11-7-8-12-23(21)32-28)17-24-31(36)33(18-27(35)34(24)29)14-13-19-9-5-4-6-10-19/h4-12,15-16,24,29,32H,13-14,17-18H2,1-3H3/t24-,29?/m0/s1. The van der Waals surface area contributed by atoms with Crippen molar-refractivity contribution in [1.82, 2.24) is 14.8 Å². The van der Waals surface area contributed by atoms with Crippen LogP contribution in [0, 0.1) is 0 Å². The minimum atomic E-state index is -0.613. The molecule has 0 spiro atoms. The zero-order valence-corrected chi connectivity index (χ0v) is 22.3. The van der Waals surface area contributed by atoms with Gasteiger partial charge in [0.25, 0.3) is 0 Å². The second-order valence-corrected chi connectivity index (χ2v) is 9.94. The molecule has 1 fully saturated rings. The first kappa shape index (κ1) is 24.9. The second-order valence-electron chi connectivity index (χ2n) is 9.94. The lowest BCUT2D eigenvalue weighted by molar-refractivity contribution is -0.158. The van der Waals surface area contributed by atoms with Crippen molar-refractivity contribution in [3.05, 3.63) is 89.1 Å². The fourth-order valence-electron chi connectivity index (χ4n) is 6.03. The molecule has 2 atom stereocenters. The number of piperazine rings is 1. The number of carbonyl (C=O) groups excluding carboxylic acids is 2. The first-order valence-electron chi connectivity index (χ1n) is 13.1. The van der Waals surface area contributed by atoms with E-state index in [4.69, 9.17) is 14.2 Å². The lowest BCUT2D eigenvalue weighted by Crippen LogP contribution is -2.63. The van der Waals surface area contributed by atoms with Crippen molar-refractivity contribution < 1.29 is 23.8 Å². The molecule has 1 N–H and O–H groups in total. The molecule has 1 unspecified atom stereocenters. The highest BCUT2D eigenvalue weighted by Crippen LogP contribution is 2.47. The van der Waals surface area contributed by atoms with E-state index < -0.39 is 12.1 Å². The van der Waals surface area contributed by atoms with Crippen LogP contribution in [0.1, 0.15) is 28.4 Å². The molecule has 0 radical (unpaired) electrons. The second kappa shape index (κ2) is 10.0. The molecule has 0 saturated carbocycles. The summed E-state index contributed by atoms with van der Waals surface area (Å²) in [6.45, 7) is 0.535. The Morgan fingerprint density at radius 2 is 1.59 bits per heavy atom. The molecule has 0 aliphatic carbocycles. The average Bonchev–Trinajstić information content (AvgIpc) is 3.35. The van der Waals surface area contributed by atoms with Gasteiger partial charge in [-0.1, -0.05) is 48.5 Å². The number of rotatable bonds is 7. The summed E-state index contributed by atoms with van der Waals surface area (Å²) in [5.74, 6) is 1.34. The Bertz CT molecular complexity index is 1520. The molecule has 1 saturated heterocycles. The maximum Gasteiger partial charge on any atom is 0.246 e. The number of H-pyrrole nitrogens is 1. The third kappa shape index (κ3) is 4.16. The van der Waals surface area contributed by atoms with Gasteiger partial charge in [0.05, 0.1) is 33.9 Å². The summed E-state index contributed by atoms with van der Waals surface area (Å²) in [5.41, 5.74) is 4.84. The van der Waals surface area contributed by atoms with E-state index >= 15 is 0 Å². The van der Waals surface area contributed by atoms with E-state index in [-0.39, 0.29) is 18.4 Å². The van der Waals surface area contributed by atoms with Crippen LogP contribution in [0.25, 0.3) is 10.9 Å². The maximum atomic E-state index is 14.0. The van der Waals surface area contributed by atoms with Crippen LogP contribution in [-0.2, 0) is 22.4 Å². The highest BCUT2D eigenvalue weighted by molar-refractivity contribution is 5.97. The first-order valence-corrected chi connectivity index (χ1v) is 13.1. The fourth-order valence-corrected chi connectivity index (χ4v) is 6.03. The molecule has 1 aromatic heterocycles. The Balaban J connectivity index is 1.45. The van der Waals surface area contributed by atoms with E-state index in [0.717, 1.165) is 33.3 Å². The van der Waals surface area contributed by atoms with Crippen molar-refractivity contribution >= 4 is 22.7 Å². The third-order valence-electron chi connectivity index (χ3n) is 7.86. The SMILES string of the molecule is COc1cc(C2c3[nH]c4ccccc4c3C[C@H]3C(=O)N(CCc4ccccc4)CC(=O)N23)cc(OC)c1OC. The minimum Gasteiger partial charge on any atom is -0.493 e. The highest BCUT2D eigenvalue weighted by atomic mass is 16.5. The van der Waals surface area contributed by atoms with Gasteiger partial charge in [0.2, 0.25) is 17.6 Å². The number of hydrogen-bond donors (Lipinski definition) is 1. The van der Waals surface area contributed by atoms with E-state index in [0.29, 0.717) is 36.6 Å². The summed E-state index contributed by atoms with van der Waals surface area (Å²) in [4.78, 5) is 34.9. The van der Waals surface area contributed by atoms with Crippen LogP contribution in [0.4, 0.5) is 0 Å². The summed E-state index contributed by atoms with van der Waals surface area (Å²) < 4.78 is 16.8. The Kier molecular flexibility index (Phi) is 6.38. The molecular weight excluding hydrogens is 494 g/mol. The van der Waals surface area contributed by atoms with Gasteiger partial charge in [-0.05, 0) is 41.3 Å². The molecule has 200 valence electrons. The first-order chi connectivity index (χ1) is 19.0. The molecule has 3 aromatic carbocycles. The van der Waals surface area contributed by atoms with Crippen LogP contribution < -0.4 is 14.2 Å². The number of methoxy groups -OCH3 is 3. The summed E-state index contributed by atoms with van der Waals surface area (Å²) in [5, 5.41) is 1.06. The van der Waals surface area contributed by atoms with E-state index in [1.54, 1.807) is 31.1 Å². The molecule has 8 nitrogen and oxygen atoms in total. The van der Waals surface area contributed by atoms with Gasteiger partial charge in [0.1, 0.15) is 6.04 Å². The van der Waals surface area contributed by atoms with Gasteiger partial charge in [-0.2, -0.15) is 0 Å². The number of nitrogens with one attached hydrogen (secondary N) is 1. The third-order valence-corrected chi connectivity index (χ3v) is 7.86. The summed E-state index contributed by atoms with van der Waals surface area (Å²) in [6, 6.07) is 20.7. The van der Waals surface area contributed by atoms with E-state index in [9.17, 15) is 9.59 Å². The summed E-state index contributed by atoms with van der Waals surface area (Å²) in [7, 11) is 4.70. The zero-order chi connectivity index (χ0) is 27.1. The number of benzene rings is 3. The van der Waals surface area contributed by atoms with Gasteiger partial charge in [0, 0.05) is 29.6 Å². The molecule has 2 aliphatic heterocycles. The van der Waals surface area contributed by atoms with Crippen molar-refractivity contribution in [2.75, 3.05) is 34.4 Å². The Hall–Kier alpha value is -4.46. The van der Waals surface area contributed by atoms with E-state index in [2.05, 4.69) is 11.1 Å². The topological polar surface area (TPSA) is 84.1 Å². The Morgan fingerprint density at radius 3 is 2.28 bits per heavy atom. The highest BCUT2D eigenvalue weighted by Gasteiger charge is 2.48. The van der Waals surface area contributed by atoms with Crippen LogP contribution in [0.5, 0.6) is 17.2 Å². The molecule has 39 heavy (non-hydrogen) atoms. The molecule has 0 bridgehead atoms. The Morgan fingerprint density at radius 1 is 0.897 bits per heavy atom. The molecule has 3 heterocycles.